The molecule has 1 aromatic heterocycles. The summed E-state index contributed by atoms with van der Waals surface area (Å²) in [5.41, 5.74) is 0. The number of ether oxygens (including phenoxy) is 1. The minimum Gasteiger partial charge on any atom is -0.495 e. The van der Waals surface area contributed by atoms with Crippen LogP contribution in [0.5, 0.6) is 5.75 Å². The second-order valence-electron chi connectivity index (χ2n) is 3.97. The third-order valence-electron chi connectivity index (χ3n) is 2.59. The molecule has 0 saturated heterocycles. The molecule has 5 heteroatoms. The van der Waals surface area contributed by atoms with Gasteiger partial charge in [0.2, 0.25) is 0 Å². The number of para-hydroxylation sites is 1. The number of methoxy groups -OCH3 is 1. The van der Waals surface area contributed by atoms with E-state index < -0.39 is 10.8 Å². The van der Waals surface area contributed by atoms with Crippen molar-refractivity contribution < 1.29 is 13.7 Å². The standard InChI is InChI=1S/C14H14O3S2/c1-10-7-8-13(18-10)11(15)9-19(16)14-6-4-3-5-12(14)17-2/h3-8H,9H2,1-2H3. The van der Waals surface area contributed by atoms with E-state index in [1.807, 2.05) is 19.1 Å². The minimum absolute atomic E-state index is 0.0136. The molecule has 0 aliphatic carbocycles. The molecule has 2 rings (SSSR count). The molecule has 0 aliphatic heterocycles. The Labute approximate surface area is 118 Å². The van der Waals surface area contributed by atoms with Gasteiger partial charge < -0.3 is 4.74 Å². The van der Waals surface area contributed by atoms with Crippen LogP contribution in [0.3, 0.4) is 0 Å². The van der Waals surface area contributed by atoms with Crippen LogP contribution in [0.15, 0.2) is 41.3 Å². The first kappa shape index (κ1) is 14.0. The zero-order valence-electron chi connectivity index (χ0n) is 10.7. The zero-order chi connectivity index (χ0) is 13.8. The van der Waals surface area contributed by atoms with Crippen molar-refractivity contribution in [2.24, 2.45) is 0 Å². The quantitative estimate of drug-likeness (QED) is 0.796. The van der Waals surface area contributed by atoms with E-state index in [9.17, 15) is 9.00 Å². The van der Waals surface area contributed by atoms with Gasteiger partial charge in [0, 0.05) is 4.88 Å². The smallest absolute Gasteiger partial charge is 0.185 e. The van der Waals surface area contributed by atoms with Crippen molar-refractivity contribution in [2.45, 2.75) is 11.8 Å². The van der Waals surface area contributed by atoms with E-state index in [2.05, 4.69) is 0 Å². The lowest BCUT2D eigenvalue weighted by molar-refractivity contribution is 0.102. The molecule has 3 nitrogen and oxygen atoms in total. The van der Waals surface area contributed by atoms with Crippen LogP contribution in [-0.4, -0.2) is 22.9 Å². The Morgan fingerprint density at radius 3 is 2.63 bits per heavy atom. The van der Waals surface area contributed by atoms with E-state index in [-0.39, 0.29) is 11.5 Å². The highest BCUT2D eigenvalue weighted by Gasteiger charge is 2.16. The molecule has 0 fully saturated rings. The fourth-order valence-electron chi connectivity index (χ4n) is 1.66. The Balaban J connectivity index is 2.15. The molecule has 0 spiro atoms. The van der Waals surface area contributed by atoms with Crippen LogP contribution in [0, 0.1) is 6.92 Å². The maximum Gasteiger partial charge on any atom is 0.185 e. The predicted molar refractivity (Wildman–Crippen MR) is 77.7 cm³/mol. The van der Waals surface area contributed by atoms with Crippen molar-refractivity contribution in [3.63, 3.8) is 0 Å². The van der Waals surface area contributed by atoms with E-state index in [4.69, 9.17) is 4.74 Å². The number of thiophene rings is 1. The first-order valence-corrected chi connectivity index (χ1v) is 7.86. The predicted octanol–water partition coefficient (Wildman–Crippen LogP) is 3.06. The second-order valence-corrected chi connectivity index (χ2v) is 6.68. The van der Waals surface area contributed by atoms with Gasteiger partial charge in [0.1, 0.15) is 5.75 Å². The molecule has 19 heavy (non-hydrogen) atoms. The summed E-state index contributed by atoms with van der Waals surface area (Å²) in [5, 5.41) is 0. The van der Waals surface area contributed by atoms with Crippen molar-refractivity contribution in [3.05, 3.63) is 46.2 Å². The van der Waals surface area contributed by atoms with Gasteiger partial charge in [0.25, 0.3) is 0 Å². The van der Waals surface area contributed by atoms with Crippen molar-refractivity contribution >= 4 is 27.9 Å². The lowest BCUT2D eigenvalue weighted by Crippen LogP contribution is -2.10. The molecule has 100 valence electrons. The number of aryl methyl sites for hydroxylation is 1. The van der Waals surface area contributed by atoms with Gasteiger partial charge in [-0.2, -0.15) is 0 Å². The summed E-state index contributed by atoms with van der Waals surface area (Å²) in [7, 11) is 0.144. The Hall–Kier alpha value is -1.46. The number of Topliss-reactive ketones (excluding diaryl/α,β-unsaturated/α-hetero) is 1. The van der Waals surface area contributed by atoms with Crippen LogP contribution >= 0.6 is 11.3 Å². The number of carbonyl (C=O) groups is 1. The molecule has 0 N–H and O–H groups in total. The number of rotatable bonds is 5. The van der Waals surface area contributed by atoms with E-state index in [1.54, 1.807) is 24.3 Å². The van der Waals surface area contributed by atoms with Crippen LogP contribution in [0.25, 0.3) is 0 Å². The molecule has 1 aromatic carbocycles. The van der Waals surface area contributed by atoms with E-state index in [1.165, 1.54) is 18.4 Å². The summed E-state index contributed by atoms with van der Waals surface area (Å²) >= 11 is 1.43. The van der Waals surface area contributed by atoms with E-state index in [0.717, 1.165) is 4.88 Å². The Morgan fingerprint density at radius 1 is 1.26 bits per heavy atom. The lowest BCUT2D eigenvalue weighted by atomic mass is 10.3. The Kier molecular flexibility index (Phi) is 4.50. The third kappa shape index (κ3) is 3.30. The molecule has 1 heterocycles. The molecule has 2 aromatic rings. The number of hydrogen-bond acceptors (Lipinski definition) is 4. The van der Waals surface area contributed by atoms with E-state index in [0.29, 0.717) is 15.5 Å². The number of benzene rings is 1. The van der Waals surface area contributed by atoms with Gasteiger partial charge in [0.05, 0.1) is 33.4 Å². The summed E-state index contributed by atoms with van der Waals surface area (Å²) in [6.07, 6.45) is 0. The summed E-state index contributed by atoms with van der Waals surface area (Å²) < 4.78 is 17.4. The number of hydrogen-bond donors (Lipinski definition) is 0. The molecule has 0 saturated carbocycles. The summed E-state index contributed by atoms with van der Waals surface area (Å²) in [6.45, 7) is 1.94. The van der Waals surface area contributed by atoms with Crippen LogP contribution in [0.2, 0.25) is 0 Å². The molecule has 0 amide bonds. The van der Waals surface area contributed by atoms with E-state index >= 15 is 0 Å². The van der Waals surface area contributed by atoms with Gasteiger partial charge in [-0.25, -0.2) is 0 Å². The van der Waals surface area contributed by atoms with Crippen molar-refractivity contribution in [3.8, 4) is 5.75 Å². The van der Waals surface area contributed by atoms with Gasteiger partial charge in [-0.1, -0.05) is 12.1 Å². The summed E-state index contributed by atoms with van der Waals surface area (Å²) in [4.78, 5) is 14.3. The number of ketones is 1. The third-order valence-corrected chi connectivity index (χ3v) is 4.99. The molecule has 1 atom stereocenters. The molecular weight excluding hydrogens is 280 g/mol. The fraction of sp³-hybridized carbons (Fsp3) is 0.214. The van der Waals surface area contributed by atoms with Crippen molar-refractivity contribution in [1.82, 2.24) is 0 Å². The highest BCUT2D eigenvalue weighted by molar-refractivity contribution is 7.86. The average Bonchev–Trinajstić information content (AvgIpc) is 2.85. The topological polar surface area (TPSA) is 43.4 Å². The minimum atomic E-state index is -1.38. The molecule has 1 unspecified atom stereocenters. The van der Waals surface area contributed by atoms with Gasteiger partial charge in [-0.05, 0) is 31.2 Å². The zero-order valence-corrected chi connectivity index (χ0v) is 12.3. The molecule has 0 radical (unpaired) electrons. The monoisotopic (exact) mass is 294 g/mol. The normalized spacial score (nSPS) is 12.1. The molecule has 0 bridgehead atoms. The fourth-order valence-corrected chi connectivity index (χ4v) is 3.71. The van der Waals surface area contributed by atoms with Gasteiger partial charge in [-0.15, -0.1) is 11.3 Å². The first-order chi connectivity index (χ1) is 9.11. The maximum absolute atomic E-state index is 12.2. The highest BCUT2D eigenvalue weighted by Crippen LogP contribution is 2.23. The van der Waals surface area contributed by atoms with Crippen LogP contribution in [0.1, 0.15) is 14.5 Å². The number of carbonyl (C=O) groups excluding carboxylic acids is 1. The maximum atomic E-state index is 12.2. The summed E-state index contributed by atoms with van der Waals surface area (Å²) in [5.74, 6) is 0.443. The van der Waals surface area contributed by atoms with Crippen LogP contribution in [0.4, 0.5) is 0 Å². The van der Waals surface area contributed by atoms with Crippen LogP contribution in [-0.2, 0) is 10.8 Å². The molecular formula is C14H14O3S2. The van der Waals surface area contributed by atoms with Crippen LogP contribution < -0.4 is 4.74 Å². The Morgan fingerprint density at radius 2 is 2.00 bits per heavy atom. The first-order valence-electron chi connectivity index (χ1n) is 5.73. The van der Waals surface area contributed by atoms with Gasteiger partial charge in [-0.3, -0.25) is 9.00 Å². The van der Waals surface area contributed by atoms with Gasteiger partial charge in [0.15, 0.2) is 5.78 Å². The van der Waals surface area contributed by atoms with Gasteiger partial charge >= 0.3 is 0 Å². The summed E-state index contributed by atoms with van der Waals surface area (Å²) in [6, 6.07) is 10.7. The second kappa shape index (κ2) is 6.12. The SMILES string of the molecule is COc1ccccc1S(=O)CC(=O)c1ccc(C)s1. The molecule has 0 aliphatic rings. The average molecular weight is 294 g/mol. The lowest BCUT2D eigenvalue weighted by Gasteiger charge is -2.06. The van der Waals surface area contributed by atoms with Crippen molar-refractivity contribution in [2.75, 3.05) is 12.9 Å². The highest BCUT2D eigenvalue weighted by atomic mass is 32.2. The largest absolute Gasteiger partial charge is 0.495 e. The van der Waals surface area contributed by atoms with Crippen molar-refractivity contribution in [1.29, 1.82) is 0 Å². The Bertz CT molecular complexity index is 617.